The van der Waals surface area contributed by atoms with Crippen LogP contribution in [0.1, 0.15) is 54.1 Å². The van der Waals surface area contributed by atoms with E-state index in [1.54, 1.807) is 13.0 Å². The Balaban J connectivity index is 2.07. The summed E-state index contributed by atoms with van der Waals surface area (Å²) in [4.78, 5) is 11.6. The number of carbonyl (C=O) groups is 1. The third-order valence-electron chi connectivity index (χ3n) is 4.63. The van der Waals surface area contributed by atoms with Crippen LogP contribution in [0.15, 0.2) is 18.2 Å². The second-order valence-corrected chi connectivity index (χ2v) is 6.93. The molecule has 1 aliphatic carbocycles. The number of urea groups is 1. The number of carbonyl (C=O) groups excluding carboxylic acids is 1. The van der Waals surface area contributed by atoms with Gasteiger partial charge in [-0.15, -0.1) is 0 Å². The minimum absolute atomic E-state index is 0.0752. The number of nitrogens with zero attached hydrogens (tertiary/aromatic N) is 2. The quantitative estimate of drug-likeness (QED) is 0.787. The Kier molecular flexibility index (Phi) is 3.52. The number of amides is 2. The van der Waals surface area contributed by atoms with E-state index in [1.165, 1.54) is 19.2 Å². The molecule has 1 heterocycles. The van der Waals surface area contributed by atoms with Crippen molar-refractivity contribution in [1.29, 1.82) is 0 Å². The van der Waals surface area contributed by atoms with Crippen molar-refractivity contribution in [3.8, 4) is 0 Å². The molecule has 0 atom stereocenters. The van der Waals surface area contributed by atoms with Crippen LogP contribution in [-0.2, 0) is 0 Å². The monoisotopic (exact) mass is 404 g/mol. The number of rotatable bonds is 5. The van der Waals surface area contributed by atoms with Crippen LogP contribution in [-0.4, -0.2) is 56.5 Å². The van der Waals surface area contributed by atoms with E-state index in [0.717, 1.165) is 0 Å². The second kappa shape index (κ2) is 9.65. The first kappa shape index (κ1) is 9.84. The van der Waals surface area contributed by atoms with Gasteiger partial charge in [0.05, 0.1) is 16.2 Å². The molecule has 2 amide bonds. The molecule has 2 aliphatic rings. The standard InChI is InChI=1S/C21H33ClN4O/c1-16-4-3-5-19(20(16)22)26-14-12-25(13-15-26)11-10-17-6-8-18(9-7-17)24-21(27)23-2/h3-5,17-18H,6-15H2,1-2H3,(H2,23,24,27)/i10D2,11D2,12D2,13D2,14D2,15D2. The van der Waals surface area contributed by atoms with Gasteiger partial charge in [-0.05, 0) is 63.0 Å². The van der Waals surface area contributed by atoms with Crippen LogP contribution in [0.2, 0.25) is 5.02 Å². The van der Waals surface area contributed by atoms with Gasteiger partial charge >= 0.3 is 6.03 Å². The van der Waals surface area contributed by atoms with Gasteiger partial charge in [0.2, 0.25) is 0 Å². The number of hydrogen-bond donors (Lipinski definition) is 2. The number of anilines is 1. The number of nitrogens with one attached hydrogen (secondary N) is 2. The van der Waals surface area contributed by atoms with Crippen molar-refractivity contribution >= 4 is 23.3 Å². The van der Waals surface area contributed by atoms with E-state index in [2.05, 4.69) is 10.6 Å². The zero-order valence-electron chi connectivity index (χ0n) is 27.4. The summed E-state index contributed by atoms with van der Waals surface area (Å²) < 4.78 is 104. The molecule has 0 spiro atoms. The molecule has 1 aromatic rings. The van der Waals surface area contributed by atoms with E-state index >= 15 is 0 Å². The zero-order chi connectivity index (χ0) is 30.0. The number of piperazine rings is 1. The lowest BCUT2D eigenvalue weighted by Gasteiger charge is -2.37. The van der Waals surface area contributed by atoms with Crippen LogP contribution in [0.5, 0.6) is 0 Å². The molecule has 5 nitrogen and oxygen atoms in total. The van der Waals surface area contributed by atoms with Crippen molar-refractivity contribution in [1.82, 2.24) is 15.5 Å². The SMILES string of the molecule is [2H]C([2H])(C1CCC(NC(=O)NC)CC1)C([2H])([2H])N1C([2H])([2H])C([2H])([2H])N(c2cccc(C)c2Cl)C([2H])([2H])C1([2H])[2H]. The number of benzene rings is 1. The average molecular weight is 405 g/mol. The predicted molar refractivity (Wildman–Crippen MR) is 113 cm³/mol. The molecule has 2 fully saturated rings. The summed E-state index contributed by atoms with van der Waals surface area (Å²) in [6.45, 7) is -16.0. The van der Waals surface area contributed by atoms with E-state index in [0.29, 0.717) is 5.56 Å². The van der Waals surface area contributed by atoms with Crippen molar-refractivity contribution in [3.05, 3.63) is 28.8 Å². The molecule has 6 heteroatoms. The van der Waals surface area contributed by atoms with E-state index in [4.69, 9.17) is 28.1 Å². The maximum absolute atomic E-state index is 11.6. The zero-order valence-corrected chi connectivity index (χ0v) is 16.2. The van der Waals surface area contributed by atoms with Crippen molar-refractivity contribution < 1.29 is 21.2 Å². The Hall–Kier alpha value is -1.46. The Labute approximate surface area is 185 Å². The molecule has 3 rings (SSSR count). The Morgan fingerprint density at radius 3 is 2.63 bits per heavy atom. The average Bonchev–Trinajstić information content (AvgIpc) is 2.80. The van der Waals surface area contributed by atoms with Crippen molar-refractivity contribution in [2.24, 2.45) is 5.92 Å². The molecule has 0 radical (unpaired) electrons. The summed E-state index contributed by atoms with van der Waals surface area (Å²) in [6.07, 6.45) is -2.22. The van der Waals surface area contributed by atoms with Gasteiger partial charge in [-0.25, -0.2) is 4.79 Å². The first-order chi connectivity index (χ1) is 17.6. The Morgan fingerprint density at radius 2 is 1.96 bits per heavy atom. The van der Waals surface area contributed by atoms with Crippen LogP contribution in [0, 0.1) is 12.8 Å². The van der Waals surface area contributed by atoms with Gasteiger partial charge in [0.15, 0.2) is 0 Å². The molecular weight excluding hydrogens is 360 g/mol. The van der Waals surface area contributed by atoms with Crippen LogP contribution in [0.3, 0.4) is 0 Å². The van der Waals surface area contributed by atoms with Gasteiger partial charge in [0.25, 0.3) is 0 Å². The lowest BCUT2D eigenvalue weighted by molar-refractivity contribution is 0.206. The van der Waals surface area contributed by atoms with E-state index in [9.17, 15) is 4.79 Å². The summed E-state index contributed by atoms with van der Waals surface area (Å²) in [5.74, 6) is -1.05. The maximum Gasteiger partial charge on any atom is 0.314 e. The highest BCUT2D eigenvalue weighted by atomic mass is 35.5. The fraction of sp³-hybridized carbons (Fsp3) is 0.667. The topological polar surface area (TPSA) is 47.6 Å². The molecule has 27 heavy (non-hydrogen) atoms. The molecular formula is C21H33ClN4O. The van der Waals surface area contributed by atoms with E-state index in [-0.39, 0.29) is 52.2 Å². The van der Waals surface area contributed by atoms with Crippen LogP contribution in [0.25, 0.3) is 0 Å². The minimum atomic E-state index is -3.59. The molecule has 150 valence electrons. The second-order valence-electron chi connectivity index (χ2n) is 6.55. The highest BCUT2D eigenvalue weighted by Crippen LogP contribution is 2.30. The number of aryl methyl sites for hydroxylation is 1. The molecule has 0 aromatic heterocycles. The molecule has 1 saturated heterocycles. The van der Waals surface area contributed by atoms with E-state index < -0.39 is 50.8 Å². The third kappa shape index (κ3) is 5.52. The lowest BCUT2D eigenvalue weighted by atomic mass is 9.84. The Morgan fingerprint density at radius 1 is 1.26 bits per heavy atom. The predicted octanol–water partition coefficient (Wildman–Crippen LogP) is 3.65. The first-order valence-electron chi connectivity index (χ1n) is 14.9. The largest absolute Gasteiger partial charge is 0.368 e. The lowest BCUT2D eigenvalue weighted by Crippen LogP contribution is -2.47. The molecule has 1 aliphatic heterocycles. The first-order valence-corrected chi connectivity index (χ1v) is 9.32. The van der Waals surface area contributed by atoms with Crippen molar-refractivity contribution in [2.45, 2.75) is 45.0 Å². The molecule has 0 unspecified atom stereocenters. The van der Waals surface area contributed by atoms with Crippen LogP contribution >= 0.6 is 11.6 Å². The molecule has 0 bridgehead atoms. The summed E-state index contributed by atoms with van der Waals surface area (Å²) in [5, 5.41) is 4.99. The summed E-state index contributed by atoms with van der Waals surface area (Å²) >= 11 is 6.32. The molecule has 2 N–H and O–H groups in total. The van der Waals surface area contributed by atoms with Crippen LogP contribution in [0.4, 0.5) is 10.5 Å². The van der Waals surface area contributed by atoms with Crippen molar-refractivity contribution in [2.75, 3.05) is 44.4 Å². The fourth-order valence-corrected chi connectivity index (χ4v) is 3.24. The highest BCUT2D eigenvalue weighted by Gasteiger charge is 2.24. The van der Waals surface area contributed by atoms with Gasteiger partial charge in [-0.1, -0.05) is 23.7 Å². The maximum atomic E-state index is 11.6. The summed E-state index contributed by atoms with van der Waals surface area (Å²) in [6, 6.07) is 3.48. The smallest absolute Gasteiger partial charge is 0.314 e. The van der Waals surface area contributed by atoms with Gasteiger partial charge in [0, 0.05) is 50.0 Å². The Bertz CT molecular complexity index is 1070. The molecule has 1 saturated carbocycles. The van der Waals surface area contributed by atoms with Gasteiger partial charge in [0.1, 0.15) is 0 Å². The number of hydrogen-bond acceptors (Lipinski definition) is 3. The minimum Gasteiger partial charge on any atom is -0.368 e. The van der Waals surface area contributed by atoms with Crippen LogP contribution < -0.4 is 15.5 Å². The fourth-order valence-electron chi connectivity index (χ4n) is 3.03. The van der Waals surface area contributed by atoms with Gasteiger partial charge in [-0.2, -0.15) is 0 Å². The van der Waals surface area contributed by atoms with Gasteiger partial charge < -0.3 is 15.5 Å². The van der Waals surface area contributed by atoms with E-state index in [1.807, 2.05) is 0 Å². The third-order valence-corrected chi connectivity index (χ3v) is 5.12. The normalized spacial score (nSPS) is 39.0. The number of halogens is 1. The molecule has 1 aromatic carbocycles. The summed E-state index contributed by atoms with van der Waals surface area (Å²) in [5.41, 5.74) is 0.0714. The highest BCUT2D eigenvalue weighted by molar-refractivity contribution is 6.34. The summed E-state index contributed by atoms with van der Waals surface area (Å²) in [7, 11) is 1.44. The van der Waals surface area contributed by atoms with Gasteiger partial charge in [-0.3, -0.25) is 4.90 Å². The van der Waals surface area contributed by atoms with Crippen molar-refractivity contribution in [3.63, 3.8) is 0 Å².